The Balaban J connectivity index is 1.46. The van der Waals surface area contributed by atoms with Gasteiger partial charge in [-0.05, 0) is 53.4 Å². The molecule has 0 aliphatic heterocycles. The Bertz CT molecular complexity index is 2400. The normalized spacial score (nSPS) is 13.3. The first kappa shape index (κ1) is 41.6. The number of aromatic nitrogens is 5. The maximum atomic E-state index is 15.1. The van der Waals surface area contributed by atoms with Crippen LogP contribution in [0, 0.1) is 18.7 Å². The lowest BCUT2D eigenvalue weighted by molar-refractivity contribution is -0.122. The zero-order valence-electron chi connectivity index (χ0n) is 33.7. The molecule has 2 atom stereocenters. The van der Waals surface area contributed by atoms with Crippen molar-refractivity contribution in [2.75, 3.05) is 20.3 Å². The van der Waals surface area contributed by atoms with Crippen LogP contribution in [-0.2, 0) is 20.5 Å². The summed E-state index contributed by atoms with van der Waals surface area (Å²) in [4.78, 5) is 44.2. The van der Waals surface area contributed by atoms with Gasteiger partial charge in [0.05, 0.1) is 50.7 Å². The lowest BCUT2D eigenvalue weighted by Crippen LogP contribution is -2.66. The van der Waals surface area contributed by atoms with Crippen molar-refractivity contribution in [2.24, 2.45) is 5.92 Å². The Labute approximate surface area is 336 Å². The van der Waals surface area contributed by atoms with Crippen molar-refractivity contribution in [1.82, 2.24) is 24.1 Å². The maximum absolute atomic E-state index is 15.1. The number of carbonyl (C=O) groups excluding carboxylic acids is 1. The lowest BCUT2D eigenvalue weighted by Gasteiger charge is -2.43. The number of ketones is 1. The molecular weight excluding hydrogens is 762 g/mol. The molecule has 0 saturated carbocycles. The summed E-state index contributed by atoms with van der Waals surface area (Å²) in [5, 5.41) is 11.3. The van der Waals surface area contributed by atoms with E-state index in [0.717, 1.165) is 14.9 Å². The minimum atomic E-state index is -2.93. The molecule has 6 rings (SSSR count). The first-order chi connectivity index (χ1) is 27.2. The molecule has 0 bridgehead atoms. The molecule has 0 spiro atoms. The summed E-state index contributed by atoms with van der Waals surface area (Å²) < 4.78 is 37.0. The van der Waals surface area contributed by atoms with E-state index < -0.39 is 37.5 Å². The van der Waals surface area contributed by atoms with Gasteiger partial charge in [-0.3, -0.25) is 14.2 Å². The maximum Gasteiger partial charge on any atom is 0.332 e. The van der Waals surface area contributed by atoms with Crippen LogP contribution in [0.1, 0.15) is 71.2 Å². The average Bonchev–Trinajstić information content (AvgIpc) is 3.84. The fraction of sp³-hybridized carbons (Fsp3) is 0.372. The predicted octanol–water partition coefficient (Wildman–Crippen LogP) is 6.77. The summed E-state index contributed by atoms with van der Waals surface area (Å²) >= 11 is 1.18. The Kier molecular flexibility index (Phi) is 12.6. The van der Waals surface area contributed by atoms with E-state index in [2.05, 4.69) is 55.2 Å². The molecule has 11 nitrogen and oxygen atoms in total. The van der Waals surface area contributed by atoms with Gasteiger partial charge in [-0.2, -0.15) is 10.2 Å². The van der Waals surface area contributed by atoms with Gasteiger partial charge in [0, 0.05) is 17.5 Å². The number of Topliss-reactive ketones (excluding diaryl/α,β-unsaturated/α-hetero) is 1. The highest BCUT2D eigenvalue weighted by Gasteiger charge is 2.50. The minimum Gasteiger partial charge on any atom is -0.496 e. The number of rotatable bonds is 16. The van der Waals surface area contributed by atoms with Crippen molar-refractivity contribution in [3.8, 4) is 10.8 Å². The summed E-state index contributed by atoms with van der Waals surface area (Å²) in [5.74, 6) is -0.378. The summed E-state index contributed by atoms with van der Waals surface area (Å²) in [6, 6.07) is 23.6. The molecule has 1 unspecified atom stereocenters. The summed E-state index contributed by atoms with van der Waals surface area (Å²) in [6.07, 6.45) is 2.28. The van der Waals surface area contributed by atoms with Crippen molar-refractivity contribution in [2.45, 2.75) is 78.6 Å². The van der Waals surface area contributed by atoms with Gasteiger partial charge in [0.25, 0.3) is 13.9 Å². The number of aryl methyl sites for hydroxylation is 1. The Morgan fingerprint density at radius 3 is 2.09 bits per heavy atom. The van der Waals surface area contributed by atoms with E-state index in [-0.39, 0.29) is 48.3 Å². The standard InChI is InChI=1S/C43H50FN5O6SSi/c1-28(2)25-35(50)30(4)48-39(51)38-29(3)40(49-45-21-22-46-49)56-41(38)47(42(48)52)27-37(34-26-31(44)19-20-36(34)53-8)54-23-24-55-57(43(5,6)7,32-15-11-9-12-16-32)33-17-13-10-14-18-33/h9-22,26,28,30,37H,23-25,27H2,1-8H3/t30?,37-/m0/s1. The molecule has 0 saturated heterocycles. The third-order valence-electron chi connectivity index (χ3n) is 10.3. The number of thiophene rings is 1. The largest absolute Gasteiger partial charge is 0.496 e. The number of carbonyl (C=O) groups is 1. The van der Waals surface area contributed by atoms with E-state index >= 15 is 4.39 Å². The van der Waals surface area contributed by atoms with Crippen molar-refractivity contribution in [1.29, 1.82) is 0 Å². The van der Waals surface area contributed by atoms with Crippen molar-refractivity contribution >= 4 is 46.0 Å². The van der Waals surface area contributed by atoms with Gasteiger partial charge in [0.15, 0.2) is 5.78 Å². The second kappa shape index (κ2) is 17.2. The molecule has 6 aromatic rings. The topological polar surface area (TPSA) is 119 Å². The minimum absolute atomic E-state index is 0.0197. The molecule has 0 radical (unpaired) electrons. The van der Waals surface area contributed by atoms with E-state index in [1.165, 1.54) is 58.4 Å². The SMILES string of the molecule is COc1ccc(F)cc1[C@H](Cn1c(=O)n(C(C)C(=O)CC(C)C)c(=O)c2c(C)c(-n3nccn3)sc21)OCCO[Si](c1ccccc1)(c1ccccc1)C(C)(C)C. The third-order valence-corrected chi connectivity index (χ3v) is 16.6. The molecule has 0 aliphatic carbocycles. The second-order valence-electron chi connectivity index (χ2n) is 15.6. The van der Waals surface area contributed by atoms with Gasteiger partial charge in [0.2, 0.25) is 0 Å². The smallest absolute Gasteiger partial charge is 0.332 e. The molecule has 3 aromatic carbocycles. The van der Waals surface area contributed by atoms with Gasteiger partial charge < -0.3 is 13.9 Å². The zero-order chi connectivity index (χ0) is 41.1. The van der Waals surface area contributed by atoms with Crippen LogP contribution in [0.3, 0.4) is 0 Å². The summed E-state index contributed by atoms with van der Waals surface area (Å²) in [6.45, 7) is 13.8. The molecule has 300 valence electrons. The Hall–Kier alpha value is -5.02. The highest BCUT2D eigenvalue weighted by atomic mass is 32.1. The number of benzene rings is 3. The first-order valence-electron chi connectivity index (χ1n) is 19.1. The lowest BCUT2D eigenvalue weighted by atomic mass is 10.0. The van der Waals surface area contributed by atoms with Crippen LogP contribution in [0.2, 0.25) is 5.04 Å². The average molecular weight is 812 g/mol. The molecule has 57 heavy (non-hydrogen) atoms. The highest BCUT2D eigenvalue weighted by molar-refractivity contribution is 7.21. The molecule has 14 heteroatoms. The number of halogens is 1. The number of fused-ring (bicyclic) bond motifs is 1. The number of ether oxygens (including phenoxy) is 2. The predicted molar refractivity (Wildman–Crippen MR) is 224 cm³/mol. The van der Waals surface area contributed by atoms with Gasteiger partial charge in [0.1, 0.15) is 27.5 Å². The Morgan fingerprint density at radius 2 is 1.53 bits per heavy atom. The van der Waals surface area contributed by atoms with E-state index in [4.69, 9.17) is 13.9 Å². The fourth-order valence-electron chi connectivity index (χ4n) is 7.59. The summed E-state index contributed by atoms with van der Waals surface area (Å²) in [7, 11) is -1.44. The molecule has 3 aromatic heterocycles. The summed E-state index contributed by atoms with van der Waals surface area (Å²) in [5.41, 5.74) is -0.345. The van der Waals surface area contributed by atoms with Crippen LogP contribution in [0.4, 0.5) is 4.39 Å². The van der Waals surface area contributed by atoms with Crippen LogP contribution in [0.15, 0.2) is 101 Å². The van der Waals surface area contributed by atoms with Crippen LogP contribution in [0.25, 0.3) is 15.2 Å². The molecule has 0 fully saturated rings. The van der Waals surface area contributed by atoms with Crippen molar-refractivity contribution in [3.05, 3.63) is 129 Å². The molecule has 0 N–H and O–H groups in total. The number of hydrogen-bond donors (Lipinski definition) is 0. The Morgan fingerprint density at radius 1 is 0.912 bits per heavy atom. The van der Waals surface area contributed by atoms with Crippen LogP contribution in [-0.4, -0.2) is 58.6 Å². The molecular formula is C43H50FN5O6SSi. The van der Waals surface area contributed by atoms with Crippen LogP contribution < -0.4 is 26.4 Å². The first-order valence-corrected chi connectivity index (χ1v) is 21.8. The molecule has 0 aliphatic rings. The third kappa shape index (κ3) is 8.22. The van der Waals surface area contributed by atoms with Gasteiger partial charge in [-0.15, -0.1) is 4.80 Å². The van der Waals surface area contributed by atoms with E-state index in [9.17, 15) is 14.4 Å². The molecule has 0 amide bonds. The monoisotopic (exact) mass is 811 g/mol. The van der Waals surface area contributed by atoms with E-state index in [1.54, 1.807) is 13.8 Å². The van der Waals surface area contributed by atoms with Crippen LogP contribution in [0.5, 0.6) is 5.75 Å². The van der Waals surface area contributed by atoms with Gasteiger partial charge in [-0.1, -0.05) is 107 Å². The van der Waals surface area contributed by atoms with Gasteiger partial charge >= 0.3 is 5.69 Å². The van der Waals surface area contributed by atoms with Gasteiger partial charge in [-0.25, -0.2) is 13.8 Å². The number of nitrogens with zero attached hydrogens (tertiary/aromatic N) is 5. The van der Waals surface area contributed by atoms with E-state index in [0.29, 0.717) is 26.7 Å². The second-order valence-corrected chi connectivity index (χ2v) is 20.9. The van der Waals surface area contributed by atoms with Crippen LogP contribution >= 0.6 is 11.3 Å². The number of hydrogen-bond acceptors (Lipinski definition) is 9. The highest BCUT2D eigenvalue weighted by Crippen LogP contribution is 2.38. The fourth-order valence-corrected chi connectivity index (χ4v) is 13.4. The number of methoxy groups -OCH3 is 1. The quantitative estimate of drug-likeness (QED) is 0.0777. The van der Waals surface area contributed by atoms with Crippen molar-refractivity contribution in [3.63, 3.8) is 0 Å². The van der Waals surface area contributed by atoms with Crippen molar-refractivity contribution < 1.29 is 23.1 Å². The molecule has 3 heterocycles. The van der Waals surface area contributed by atoms with E-state index in [1.807, 2.05) is 50.2 Å². The zero-order valence-corrected chi connectivity index (χ0v) is 35.5.